The third-order valence-electron chi connectivity index (χ3n) is 4.62. The number of para-hydroxylation sites is 1. The van der Waals surface area contributed by atoms with Gasteiger partial charge in [0, 0.05) is 25.8 Å². The molecule has 1 aromatic carbocycles. The molecule has 3 heterocycles. The van der Waals surface area contributed by atoms with Crippen LogP contribution in [0, 0.1) is 0 Å². The van der Waals surface area contributed by atoms with Gasteiger partial charge >= 0.3 is 0 Å². The lowest BCUT2D eigenvalue weighted by atomic mass is 10.1. The molecule has 1 fully saturated rings. The normalized spacial score (nSPS) is 16.9. The van der Waals surface area contributed by atoms with Gasteiger partial charge in [0.15, 0.2) is 0 Å². The largest absolute Gasteiger partial charge is 0.337 e. The van der Waals surface area contributed by atoms with Gasteiger partial charge in [-0.3, -0.25) is 4.79 Å². The van der Waals surface area contributed by atoms with Crippen LogP contribution in [0.3, 0.4) is 0 Å². The van der Waals surface area contributed by atoms with E-state index in [1.54, 1.807) is 16.0 Å². The standard InChI is InChI=1S/C19H20N4OS/c1-22(15-9-10-20-12-15)19(24)16-13-23(14-6-3-2-4-7-14)21-18(16)17-8-5-11-25-17/h2-8,11,13,15,20H,9-10,12H2,1H3. The number of hydrogen-bond acceptors (Lipinski definition) is 4. The summed E-state index contributed by atoms with van der Waals surface area (Å²) in [5.41, 5.74) is 2.35. The van der Waals surface area contributed by atoms with Crippen LogP contribution in [0.2, 0.25) is 0 Å². The molecule has 1 amide bonds. The number of carbonyl (C=O) groups excluding carboxylic acids is 1. The highest BCUT2D eigenvalue weighted by molar-refractivity contribution is 7.13. The van der Waals surface area contributed by atoms with E-state index >= 15 is 0 Å². The molecule has 0 saturated carbocycles. The average molecular weight is 352 g/mol. The molecule has 5 nitrogen and oxygen atoms in total. The van der Waals surface area contributed by atoms with E-state index in [9.17, 15) is 4.79 Å². The average Bonchev–Trinajstić information content (AvgIpc) is 3.42. The molecule has 0 bridgehead atoms. The zero-order valence-corrected chi connectivity index (χ0v) is 14.9. The Bertz CT molecular complexity index is 851. The number of rotatable bonds is 4. The number of amides is 1. The molecule has 128 valence electrons. The molecule has 0 radical (unpaired) electrons. The SMILES string of the molecule is CN(C(=O)c1cn(-c2ccccc2)nc1-c1cccs1)C1CCNC1. The van der Waals surface area contributed by atoms with Gasteiger partial charge in [-0.25, -0.2) is 4.68 Å². The number of likely N-dealkylation sites (N-methyl/N-ethyl adjacent to an activating group) is 1. The van der Waals surface area contributed by atoms with Crippen molar-refractivity contribution in [1.29, 1.82) is 0 Å². The molecule has 6 heteroatoms. The predicted molar refractivity (Wildman–Crippen MR) is 100 cm³/mol. The highest BCUT2D eigenvalue weighted by Crippen LogP contribution is 2.29. The van der Waals surface area contributed by atoms with E-state index in [-0.39, 0.29) is 11.9 Å². The molecule has 0 spiro atoms. The minimum atomic E-state index is 0.0271. The van der Waals surface area contributed by atoms with Crippen molar-refractivity contribution in [2.45, 2.75) is 12.5 Å². The van der Waals surface area contributed by atoms with Gasteiger partial charge in [-0.1, -0.05) is 24.3 Å². The van der Waals surface area contributed by atoms with Crippen molar-refractivity contribution in [2.24, 2.45) is 0 Å². The molecule has 2 aromatic heterocycles. The smallest absolute Gasteiger partial charge is 0.257 e. The number of thiophene rings is 1. The summed E-state index contributed by atoms with van der Waals surface area (Å²) < 4.78 is 1.79. The van der Waals surface area contributed by atoms with Crippen LogP contribution in [0.1, 0.15) is 16.8 Å². The van der Waals surface area contributed by atoms with Gasteiger partial charge in [-0.15, -0.1) is 11.3 Å². The summed E-state index contributed by atoms with van der Waals surface area (Å²) in [4.78, 5) is 16.0. The molecule has 1 saturated heterocycles. The topological polar surface area (TPSA) is 50.2 Å². The van der Waals surface area contributed by atoms with Crippen LogP contribution in [0.15, 0.2) is 54.0 Å². The number of benzene rings is 1. The molecule has 1 aliphatic rings. The van der Waals surface area contributed by atoms with E-state index in [1.807, 2.05) is 66.0 Å². The Labute approximate surface area is 150 Å². The number of aromatic nitrogens is 2. The highest BCUT2D eigenvalue weighted by Gasteiger charge is 2.28. The third kappa shape index (κ3) is 3.10. The molecule has 1 atom stereocenters. The number of nitrogens with zero attached hydrogens (tertiary/aromatic N) is 3. The first-order valence-corrected chi connectivity index (χ1v) is 9.29. The first-order chi connectivity index (χ1) is 12.2. The van der Waals surface area contributed by atoms with E-state index in [4.69, 9.17) is 5.10 Å². The first-order valence-electron chi connectivity index (χ1n) is 8.41. The van der Waals surface area contributed by atoms with Gasteiger partial charge in [0.1, 0.15) is 5.69 Å². The molecule has 1 unspecified atom stereocenters. The Morgan fingerprint density at radius 3 is 2.80 bits per heavy atom. The second-order valence-corrected chi connectivity index (χ2v) is 7.16. The summed E-state index contributed by atoms with van der Waals surface area (Å²) in [5, 5.41) is 10.0. The first kappa shape index (κ1) is 16.1. The summed E-state index contributed by atoms with van der Waals surface area (Å²) in [7, 11) is 1.89. The molecule has 1 aliphatic heterocycles. The van der Waals surface area contributed by atoms with Gasteiger partial charge in [-0.2, -0.15) is 5.10 Å². The maximum Gasteiger partial charge on any atom is 0.257 e. The molecule has 0 aliphatic carbocycles. The third-order valence-corrected chi connectivity index (χ3v) is 5.50. The summed E-state index contributed by atoms with van der Waals surface area (Å²) >= 11 is 1.60. The lowest BCUT2D eigenvalue weighted by Gasteiger charge is -2.23. The van der Waals surface area contributed by atoms with E-state index < -0.39 is 0 Å². The fourth-order valence-electron chi connectivity index (χ4n) is 3.16. The van der Waals surface area contributed by atoms with Crippen molar-refractivity contribution >= 4 is 17.2 Å². The van der Waals surface area contributed by atoms with Gasteiger partial charge in [0.2, 0.25) is 0 Å². The lowest BCUT2D eigenvalue weighted by Crippen LogP contribution is -2.38. The highest BCUT2D eigenvalue weighted by atomic mass is 32.1. The molecule has 3 aromatic rings. The maximum absolute atomic E-state index is 13.1. The minimum absolute atomic E-state index is 0.0271. The Kier molecular flexibility index (Phi) is 4.38. The van der Waals surface area contributed by atoms with Crippen molar-refractivity contribution in [3.05, 3.63) is 59.6 Å². The second-order valence-electron chi connectivity index (χ2n) is 6.21. The van der Waals surface area contributed by atoms with Crippen molar-refractivity contribution in [2.75, 3.05) is 20.1 Å². The summed E-state index contributed by atoms with van der Waals surface area (Å²) in [6, 6.07) is 14.1. The van der Waals surface area contributed by atoms with Crippen LogP contribution in [0.5, 0.6) is 0 Å². The number of carbonyl (C=O) groups is 1. The van der Waals surface area contributed by atoms with Crippen molar-refractivity contribution < 1.29 is 4.79 Å². The molecular formula is C19H20N4OS. The lowest BCUT2D eigenvalue weighted by molar-refractivity contribution is 0.0744. The van der Waals surface area contributed by atoms with Crippen molar-refractivity contribution in [3.63, 3.8) is 0 Å². The van der Waals surface area contributed by atoms with Crippen LogP contribution in [0.25, 0.3) is 16.3 Å². The zero-order valence-electron chi connectivity index (χ0n) is 14.1. The van der Waals surface area contributed by atoms with Crippen LogP contribution in [-0.4, -0.2) is 46.8 Å². The quantitative estimate of drug-likeness (QED) is 0.785. The van der Waals surface area contributed by atoms with E-state index in [1.165, 1.54) is 0 Å². The minimum Gasteiger partial charge on any atom is -0.337 e. The van der Waals surface area contributed by atoms with Gasteiger partial charge in [-0.05, 0) is 36.5 Å². The maximum atomic E-state index is 13.1. The summed E-state index contributed by atoms with van der Waals surface area (Å²) in [6.45, 7) is 1.81. The van der Waals surface area contributed by atoms with Crippen LogP contribution in [0.4, 0.5) is 0 Å². The van der Waals surface area contributed by atoms with Gasteiger partial charge in [0.05, 0.1) is 16.1 Å². The summed E-state index contributed by atoms with van der Waals surface area (Å²) in [5.74, 6) is 0.0271. The van der Waals surface area contributed by atoms with Gasteiger partial charge in [0.25, 0.3) is 5.91 Å². The van der Waals surface area contributed by atoms with Crippen LogP contribution < -0.4 is 5.32 Å². The Hall–Kier alpha value is -2.44. The fourth-order valence-corrected chi connectivity index (χ4v) is 3.89. The van der Waals surface area contributed by atoms with Gasteiger partial charge < -0.3 is 10.2 Å². The molecular weight excluding hydrogens is 332 g/mol. The van der Waals surface area contributed by atoms with Crippen molar-refractivity contribution in [3.8, 4) is 16.3 Å². The van der Waals surface area contributed by atoms with Crippen LogP contribution >= 0.6 is 11.3 Å². The fraction of sp³-hybridized carbons (Fsp3) is 0.263. The van der Waals surface area contributed by atoms with E-state index in [0.29, 0.717) is 5.56 Å². The monoisotopic (exact) mass is 352 g/mol. The van der Waals surface area contributed by atoms with E-state index in [0.717, 1.165) is 35.8 Å². The Morgan fingerprint density at radius 2 is 2.12 bits per heavy atom. The number of hydrogen-bond donors (Lipinski definition) is 1. The Balaban J connectivity index is 1.75. The van der Waals surface area contributed by atoms with Crippen molar-refractivity contribution in [1.82, 2.24) is 20.0 Å². The predicted octanol–water partition coefficient (Wildman–Crippen LogP) is 3.03. The number of nitrogens with one attached hydrogen (secondary N) is 1. The molecule has 1 N–H and O–H groups in total. The second kappa shape index (κ2) is 6.82. The zero-order chi connectivity index (χ0) is 17.2. The van der Waals surface area contributed by atoms with Crippen LogP contribution in [-0.2, 0) is 0 Å². The molecule has 4 rings (SSSR count). The summed E-state index contributed by atoms with van der Waals surface area (Å²) in [6.07, 6.45) is 2.84. The van der Waals surface area contributed by atoms with E-state index in [2.05, 4.69) is 5.32 Å². The Morgan fingerprint density at radius 1 is 1.28 bits per heavy atom. The molecule has 25 heavy (non-hydrogen) atoms.